The van der Waals surface area contributed by atoms with Crippen molar-refractivity contribution in [2.75, 3.05) is 39.6 Å². The second-order valence-electron chi connectivity index (χ2n) is 29.5. The van der Waals surface area contributed by atoms with E-state index in [1.54, 1.807) is 0 Å². The molecule has 0 saturated carbocycles. The first-order valence-electron chi connectivity index (χ1n) is 41.5. The molecule has 0 heterocycles. The minimum Gasteiger partial charge on any atom is -0.462 e. The minimum absolute atomic E-state index is 0.106. The molecule has 19 heteroatoms. The molecule has 0 bridgehead atoms. The van der Waals surface area contributed by atoms with E-state index in [4.69, 9.17) is 37.0 Å². The number of ether oxygens (including phenoxy) is 4. The van der Waals surface area contributed by atoms with Crippen LogP contribution < -0.4 is 0 Å². The zero-order valence-electron chi connectivity index (χ0n) is 64.8. The van der Waals surface area contributed by atoms with Crippen molar-refractivity contribution >= 4 is 39.5 Å². The van der Waals surface area contributed by atoms with Gasteiger partial charge in [0.1, 0.15) is 19.3 Å². The lowest BCUT2D eigenvalue weighted by atomic mass is 9.99. The number of esters is 4. The molecular formula is C80H156O17P2. The number of hydrogen-bond donors (Lipinski definition) is 3. The van der Waals surface area contributed by atoms with E-state index in [0.717, 1.165) is 102 Å². The van der Waals surface area contributed by atoms with Gasteiger partial charge in [0.2, 0.25) is 0 Å². The van der Waals surface area contributed by atoms with E-state index >= 15 is 0 Å². The fourth-order valence-electron chi connectivity index (χ4n) is 12.3. The van der Waals surface area contributed by atoms with Crippen LogP contribution in [0.3, 0.4) is 0 Å². The highest BCUT2D eigenvalue weighted by molar-refractivity contribution is 7.47. The number of carbonyl (C=O) groups excluding carboxylic acids is 4. The van der Waals surface area contributed by atoms with Crippen LogP contribution in [0.4, 0.5) is 0 Å². The summed E-state index contributed by atoms with van der Waals surface area (Å²) in [6.07, 6.45) is 61.1. The van der Waals surface area contributed by atoms with Gasteiger partial charge in [-0.05, 0) is 37.5 Å². The Morgan fingerprint density at radius 2 is 0.515 bits per heavy atom. The molecule has 17 nitrogen and oxygen atoms in total. The number of hydrogen-bond acceptors (Lipinski definition) is 15. The molecule has 0 radical (unpaired) electrons. The predicted octanol–water partition coefficient (Wildman–Crippen LogP) is 23.9. The van der Waals surface area contributed by atoms with Crippen LogP contribution in [0.1, 0.15) is 420 Å². The van der Waals surface area contributed by atoms with Crippen LogP contribution in [0.25, 0.3) is 0 Å². The normalized spacial score (nSPS) is 14.2. The fourth-order valence-corrected chi connectivity index (χ4v) is 13.9. The van der Waals surface area contributed by atoms with Gasteiger partial charge >= 0.3 is 39.5 Å². The minimum atomic E-state index is -4.96. The molecule has 0 aliphatic carbocycles. The third-order valence-electron chi connectivity index (χ3n) is 19.1. The summed E-state index contributed by atoms with van der Waals surface area (Å²) in [7, 11) is -9.92. The van der Waals surface area contributed by atoms with E-state index in [1.807, 2.05) is 0 Å². The largest absolute Gasteiger partial charge is 0.472 e. The van der Waals surface area contributed by atoms with Crippen molar-refractivity contribution in [2.45, 2.75) is 439 Å². The van der Waals surface area contributed by atoms with E-state index in [1.165, 1.54) is 231 Å². The average Bonchev–Trinajstić information content (AvgIpc) is 0.961. The van der Waals surface area contributed by atoms with E-state index in [-0.39, 0.29) is 25.7 Å². The Morgan fingerprint density at radius 3 is 0.768 bits per heavy atom. The predicted molar refractivity (Wildman–Crippen MR) is 405 cm³/mol. The summed E-state index contributed by atoms with van der Waals surface area (Å²) in [5.41, 5.74) is 0. The van der Waals surface area contributed by atoms with Gasteiger partial charge in [0, 0.05) is 25.7 Å². The summed E-state index contributed by atoms with van der Waals surface area (Å²) in [6, 6.07) is 0. The first-order chi connectivity index (χ1) is 47.9. The molecule has 0 rings (SSSR count). The molecule has 0 aromatic rings. The Morgan fingerprint density at radius 1 is 0.293 bits per heavy atom. The van der Waals surface area contributed by atoms with Crippen molar-refractivity contribution in [1.82, 2.24) is 0 Å². The number of phosphoric acid groups is 2. The summed E-state index contributed by atoms with van der Waals surface area (Å²) in [5, 5.41) is 10.6. The molecule has 0 spiro atoms. The second-order valence-corrected chi connectivity index (χ2v) is 32.4. The summed E-state index contributed by atoms with van der Waals surface area (Å²) in [5.74, 6) is -0.603. The lowest BCUT2D eigenvalue weighted by molar-refractivity contribution is -0.161. The van der Waals surface area contributed by atoms with Crippen LogP contribution in [0, 0.1) is 11.8 Å². The Kier molecular flexibility index (Phi) is 70.3. The molecule has 0 saturated heterocycles. The summed E-state index contributed by atoms with van der Waals surface area (Å²) >= 11 is 0. The Bertz CT molecular complexity index is 1910. The van der Waals surface area contributed by atoms with Crippen molar-refractivity contribution in [3.05, 3.63) is 0 Å². The van der Waals surface area contributed by atoms with Gasteiger partial charge in [0.15, 0.2) is 12.2 Å². The number of unbranched alkanes of at least 4 members (excludes halogenated alkanes) is 48. The smallest absolute Gasteiger partial charge is 0.462 e. The monoisotopic (exact) mass is 1450 g/mol. The van der Waals surface area contributed by atoms with E-state index in [2.05, 4.69) is 41.5 Å². The molecule has 6 atom stereocenters. The molecule has 0 aromatic heterocycles. The van der Waals surface area contributed by atoms with Crippen LogP contribution in [0.5, 0.6) is 0 Å². The maximum Gasteiger partial charge on any atom is 0.472 e. The molecular weight excluding hydrogens is 1290 g/mol. The second kappa shape index (κ2) is 71.7. The molecule has 588 valence electrons. The van der Waals surface area contributed by atoms with Crippen molar-refractivity contribution in [1.29, 1.82) is 0 Å². The molecule has 3 N–H and O–H groups in total. The highest BCUT2D eigenvalue weighted by atomic mass is 31.2. The highest BCUT2D eigenvalue weighted by Gasteiger charge is 2.30. The molecule has 0 aromatic carbocycles. The first kappa shape index (κ1) is 97.1. The first-order valence-corrected chi connectivity index (χ1v) is 44.5. The topological polar surface area (TPSA) is 237 Å². The van der Waals surface area contributed by atoms with Crippen LogP contribution in [0.2, 0.25) is 0 Å². The number of aliphatic hydroxyl groups is 1. The van der Waals surface area contributed by atoms with Crippen molar-refractivity contribution in [3.63, 3.8) is 0 Å². The summed E-state index contributed by atoms with van der Waals surface area (Å²) < 4.78 is 68.7. The molecule has 3 unspecified atom stereocenters. The SMILES string of the molecule is CCCCCCCCCCCCCCCCCCCCC(=O)O[C@H](COC(=O)CCCCCCCCCCCCCCCCCCC)COP(=O)(O)OC[C@@H](O)COP(=O)(O)OC[C@@H](COC(=O)CCCCCCCCCC(C)C)OC(=O)CCCCCCCCCCCCC(C)CC. The van der Waals surface area contributed by atoms with Gasteiger partial charge in [-0.1, -0.05) is 369 Å². The Balaban J connectivity index is 5.24. The zero-order chi connectivity index (χ0) is 72.8. The van der Waals surface area contributed by atoms with Crippen molar-refractivity contribution in [3.8, 4) is 0 Å². The Labute approximate surface area is 607 Å². The summed E-state index contributed by atoms with van der Waals surface area (Å²) in [4.78, 5) is 73.0. The van der Waals surface area contributed by atoms with Gasteiger partial charge < -0.3 is 33.8 Å². The van der Waals surface area contributed by atoms with Gasteiger partial charge in [0.25, 0.3) is 0 Å². The maximum absolute atomic E-state index is 13.1. The van der Waals surface area contributed by atoms with Crippen molar-refractivity contribution < 1.29 is 80.2 Å². The van der Waals surface area contributed by atoms with Crippen LogP contribution in [-0.4, -0.2) is 96.7 Å². The lowest BCUT2D eigenvalue weighted by Gasteiger charge is -2.21. The molecule has 99 heavy (non-hydrogen) atoms. The third kappa shape index (κ3) is 72.8. The van der Waals surface area contributed by atoms with Gasteiger partial charge in [0.05, 0.1) is 26.4 Å². The number of aliphatic hydroxyl groups excluding tert-OH is 1. The molecule has 0 amide bonds. The standard InChI is InChI=1S/C80H156O17P2/c1-7-10-12-14-16-18-20-22-24-26-28-30-32-34-39-45-52-58-64-79(84)96-75(68-90-77(82)62-56-50-44-38-33-31-29-27-25-23-21-19-17-15-13-11-8-2)70-94-98(86,87)92-66-74(81)67-93-99(88,89)95-71-76(69-91-78(83)63-57-51-47-41-42-48-54-60-72(4)5)97-80(85)65-59-53-46-40-36-35-37-43-49-55-61-73(6)9-3/h72-76,81H,7-71H2,1-6H3,(H,86,87)(H,88,89)/t73?,74-,75-,76-/m1/s1. The number of phosphoric ester groups is 2. The summed E-state index contributed by atoms with van der Waals surface area (Å²) in [6.45, 7) is 9.60. The fraction of sp³-hybridized carbons (Fsp3) is 0.950. The molecule has 0 aliphatic rings. The van der Waals surface area contributed by atoms with E-state index in [0.29, 0.717) is 31.6 Å². The Hall–Kier alpha value is -1.94. The third-order valence-corrected chi connectivity index (χ3v) is 21.0. The highest BCUT2D eigenvalue weighted by Crippen LogP contribution is 2.45. The molecule has 0 fully saturated rings. The molecule has 0 aliphatic heterocycles. The zero-order valence-corrected chi connectivity index (χ0v) is 66.6. The van der Waals surface area contributed by atoms with E-state index in [9.17, 15) is 43.2 Å². The van der Waals surface area contributed by atoms with E-state index < -0.39 is 97.5 Å². The lowest BCUT2D eigenvalue weighted by Crippen LogP contribution is -2.30. The number of carbonyl (C=O) groups is 4. The number of rotatable bonds is 79. The van der Waals surface area contributed by atoms with Crippen LogP contribution >= 0.6 is 15.6 Å². The van der Waals surface area contributed by atoms with Crippen molar-refractivity contribution in [2.24, 2.45) is 11.8 Å². The van der Waals surface area contributed by atoms with Gasteiger partial charge in [-0.25, -0.2) is 9.13 Å². The van der Waals surface area contributed by atoms with Gasteiger partial charge in [-0.2, -0.15) is 0 Å². The van der Waals surface area contributed by atoms with Crippen LogP contribution in [0.15, 0.2) is 0 Å². The average molecular weight is 1450 g/mol. The maximum atomic E-state index is 13.1. The van der Waals surface area contributed by atoms with Gasteiger partial charge in [-0.15, -0.1) is 0 Å². The quantitative estimate of drug-likeness (QED) is 0.0222. The van der Waals surface area contributed by atoms with Gasteiger partial charge in [-0.3, -0.25) is 37.3 Å². The van der Waals surface area contributed by atoms with Crippen LogP contribution in [-0.2, 0) is 65.4 Å².